The molecule has 1 fully saturated rings. The quantitative estimate of drug-likeness (QED) is 0.0898. The number of allylic oxidation sites excluding steroid dienone is 2. The first kappa shape index (κ1) is 40.5. The van der Waals surface area contributed by atoms with E-state index in [9.17, 15) is 0 Å². The third-order valence-corrected chi connectivity index (χ3v) is 18.5. The number of benzene rings is 3. The topological polar surface area (TPSA) is 115 Å². The molecule has 2 aliphatic carbocycles. The van der Waals surface area contributed by atoms with Gasteiger partial charge in [0.1, 0.15) is 28.5 Å². The molecule has 59 heavy (non-hydrogen) atoms. The number of fused-ring (bicyclic) bond motifs is 2. The summed E-state index contributed by atoms with van der Waals surface area (Å²) in [7, 11) is -1.82. The molecule has 0 amide bonds. The van der Waals surface area contributed by atoms with Crippen LogP contribution in [0.3, 0.4) is 0 Å². The Hall–Kier alpha value is -5.30. The number of hydrogen-bond donors (Lipinski definition) is 0. The number of hydrogen-bond acceptors (Lipinski definition) is 9. The van der Waals surface area contributed by atoms with Crippen molar-refractivity contribution in [3.05, 3.63) is 142 Å². The number of carbonyl (C=O) groups is 1. The Kier molecular flexibility index (Phi) is 10.8. The molecular weight excluding hydrogens is 779 g/mol. The van der Waals surface area contributed by atoms with E-state index in [4.69, 9.17) is 18.3 Å². The smallest absolute Gasteiger partial charge is 0.333 e. The Bertz CT molecular complexity index is 2580. The fourth-order valence-corrected chi connectivity index (χ4v) is 14.9. The first-order valence-electron chi connectivity index (χ1n) is 20.2. The molecule has 1 saturated carbocycles. The van der Waals surface area contributed by atoms with Crippen LogP contribution in [0.1, 0.15) is 71.1 Å². The maximum absolute atomic E-state index is 15.4. The monoisotopic (exact) mass is 829 g/mol. The number of nitrogens with zero attached hydrogens (tertiary/aromatic N) is 3. The number of aromatic nitrogens is 3. The predicted molar refractivity (Wildman–Crippen MR) is 234 cm³/mol. The van der Waals surface area contributed by atoms with Gasteiger partial charge in [-0.2, -0.15) is 0 Å². The van der Waals surface area contributed by atoms with Gasteiger partial charge in [0, 0.05) is 5.56 Å². The number of aryl methyl sites for hydroxylation is 1. The SMILES string of the molecule is COc1ccccc1C(Cn1c(=O)n(C(C)(C)C(=O)O[Si](c2ccccc2)(c2ccccc2)C(C)(C)C)c(=O)c2c(C)c(-c3ncco3)sc21)O[C@H]1C[C@H]2CC=C[C@H]2C1. The molecule has 6 aromatic rings. The van der Waals surface area contributed by atoms with Crippen molar-refractivity contribution in [2.24, 2.45) is 11.8 Å². The molecule has 0 bridgehead atoms. The first-order chi connectivity index (χ1) is 28.3. The van der Waals surface area contributed by atoms with Crippen molar-refractivity contribution in [3.8, 4) is 16.5 Å². The Morgan fingerprint density at radius 3 is 2.22 bits per heavy atom. The second-order valence-electron chi connectivity index (χ2n) is 17.3. The molecule has 4 atom stereocenters. The highest BCUT2D eigenvalue weighted by Crippen LogP contribution is 2.44. The molecule has 8 rings (SSSR count). The summed E-state index contributed by atoms with van der Waals surface area (Å²) < 4.78 is 28.3. The normalized spacial score (nSPS) is 18.6. The van der Waals surface area contributed by atoms with Gasteiger partial charge < -0.3 is 18.3 Å². The van der Waals surface area contributed by atoms with Gasteiger partial charge in [-0.25, -0.2) is 14.3 Å². The van der Waals surface area contributed by atoms with Gasteiger partial charge in [0.25, 0.3) is 5.56 Å². The highest BCUT2D eigenvalue weighted by atomic mass is 32.1. The largest absolute Gasteiger partial charge is 0.508 e. The molecule has 1 unspecified atom stereocenters. The summed E-state index contributed by atoms with van der Waals surface area (Å²) in [5, 5.41) is 1.55. The van der Waals surface area contributed by atoms with Gasteiger partial charge in [-0.05, 0) is 78.9 Å². The van der Waals surface area contributed by atoms with Gasteiger partial charge >= 0.3 is 20.0 Å². The minimum absolute atomic E-state index is 0.0441. The summed E-state index contributed by atoms with van der Waals surface area (Å²) in [4.78, 5) is 51.1. The fourth-order valence-electron chi connectivity index (χ4n) is 9.24. The van der Waals surface area contributed by atoms with Crippen LogP contribution in [-0.4, -0.2) is 41.6 Å². The zero-order valence-electron chi connectivity index (χ0n) is 34.6. The van der Waals surface area contributed by atoms with Crippen LogP contribution in [0.5, 0.6) is 5.75 Å². The van der Waals surface area contributed by atoms with Crippen molar-refractivity contribution in [3.63, 3.8) is 0 Å². The predicted octanol–water partition coefficient (Wildman–Crippen LogP) is 8.15. The highest BCUT2D eigenvalue weighted by Gasteiger charge is 2.55. The zero-order valence-corrected chi connectivity index (χ0v) is 36.5. The van der Waals surface area contributed by atoms with E-state index in [1.54, 1.807) is 31.7 Å². The fraction of sp³-hybridized carbons (Fsp3) is 0.362. The molecular formula is C47H51N3O7SSi. The van der Waals surface area contributed by atoms with Crippen molar-refractivity contribution in [1.82, 2.24) is 14.1 Å². The van der Waals surface area contributed by atoms with Crippen LogP contribution in [0.2, 0.25) is 5.04 Å². The molecule has 0 aliphatic heterocycles. The molecule has 0 spiro atoms. The number of oxazole rings is 1. The first-order valence-corrected chi connectivity index (χ1v) is 23.0. The van der Waals surface area contributed by atoms with E-state index in [1.807, 2.05) is 91.9 Å². The molecule has 3 aromatic carbocycles. The van der Waals surface area contributed by atoms with Crippen LogP contribution in [0.25, 0.3) is 21.0 Å². The second kappa shape index (κ2) is 15.7. The second-order valence-corrected chi connectivity index (χ2v) is 22.5. The van der Waals surface area contributed by atoms with Crippen molar-refractivity contribution in [2.75, 3.05) is 7.11 Å². The molecule has 306 valence electrons. The van der Waals surface area contributed by atoms with E-state index >= 15 is 14.4 Å². The molecule has 12 heteroatoms. The summed E-state index contributed by atoms with van der Waals surface area (Å²) >= 11 is 1.26. The van der Waals surface area contributed by atoms with Gasteiger partial charge in [-0.15, -0.1) is 11.3 Å². The van der Waals surface area contributed by atoms with Crippen LogP contribution in [0, 0.1) is 18.8 Å². The van der Waals surface area contributed by atoms with Crippen LogP contribution in [0.15, 0.2) is 124 Å². The van der Waals surface area contributed by atoms with Crippen LogP contribution in [-0.2, 0) is 26.0 Å². The van der Waals surface area contributed by atoms with Crippen LogP contribution in [0.4, 0.5) is 0 Å². The number of carbonyl (C=O) groups excluding carboxylic acids is 1. The standard InChI is InChI=1S/C47H51N3O7SSi/c1-30-39-42(51)50(47(5,6)44(52)57-59(46(2,3)4,34-19-10-8-11-20-34)35-21-12-9-13-22-35)45(53)49(43(39)58-40(30)41-48-25-26-55-41)29-38(36-23-14-15-24-37(36)54-7)56-33-27-31-17-16-18-32(31)28-33/h8-17,19-26,31-33,38H,18,27-29H2,1-7H3/t31-,32+,33+,38?/m0/s1. The van der Waals surface area contributed by atoms with E-state index in [0.717, 1.165) is 39.8 Å². The average Bonchev–Trinajstić information content (AvgIpc) is 4.04. The van der Waals surface area contributed by atoms with Crippen molar-refractivity contribution in [1.29, 1.82) is 0 Å². The number of thiophene rings is 1. The number of ether oxygens (including phenoxy) is 2. The molecule has 3 aromatic heterocycles. The summed E-state index contributed by atoms with van der Waals surface area (Å²) in [6.45, 7) is 11.3. The van der Waals surface area contributed by atoms with Crippen LogP contribution >= 0.6 is 11.3 Å². The van der Waals surface area contributed by atoms with Gasteiger partial charge in [-0.1, -0.05) is 112 Å². The molecule has 10 nitrogen and oxygen atoms in total. The lowest BCUT2D eigenvalue weighted by Crippen LogP contribution is -2.69. The summed E-state index contributed by atoms with van der Waals surface area (Å²) in [5.41, 5.74) is -1.62. The average molecular weight is 830 g/mol. The van der Waals surface area contributed by atoms with E-state index < -0.39 is 42.2 Å². The van der Waals surface area contributed by atoms with Crippen LogP contribution < -0.4 is 26.4 Å². The lowest BCUT2D eigenvalue weighted by atomic mass is 10.0. The van der Waals surface area contributed by atoms with E-state index in [1.165, 1.54) is 17.6 Å². The minimum Gasteiger partial charge on any atom is -0.508 e. The maximum Gasteiger partial charge on any atom is 0.333 e. The van der Waals surface area contributed by atoms with Gasteiger partial charge in [-0.3, -0.25) is 14.2 Å². The third kappa shape index (κ3) is 7.04. The zero-order chi connectivity index (χ0) is 41.7. The van der Waals surface area contributed by atoms with E-state index in [2.05, 4.69) is 37.9 Å². The van der Waals surface area contributed by atoms with E-state index in [0.29, 0.717) is 44.1 Å². The summed E-state index contributed by atoms with van der Waals surface area (Å²) in [6, 6.07) is 27.3. The number of para-hydroxylation sites is 1. The lowest BCUT2D eigenvalue weighted by Gasteiger charge is -2.43. The van der Waals surface area contributed by atoms with Crippen molar-refractivity contribution >= 4 is 46.2 Å². The summed E-state index contributed by atoms with van der Waals surface area (Å²) in [6.07, 6.45) is 9.71. The van der Waals surface area contributed by atoms with Gasteiger partial charge in [0.2, 0.25) is 5.89 Å². The van der Waals surface area contributed by atoms with Crippen molar-refractivity contribution in [2.45, 2.75) is 90.1 Å². The van der Waals surface area contributed by atoms with Gasteiger partial charge in [0.15, 0.2) is 0 Å². The number of rotatable bonds is 12. The summed E-state index contributed by atoms with van der Waals surface area (Å²) in [5.74, 6) is 1.27. The molecule has 0 N–H and O–H groups in total. The molecule has 0 saturated heterocycles. The number of methoxy groups -OCH3 is 1. The lowest BCUT2D eigenvalue weighted by molar-refractivity contribution is -0.144. The Morgan fingerprint density at radius 2 is 1.61 bits per heavy atom. The Balaban J connectivity index is 1.31. The van der Waals surface area contributed by atoms with Gasteiger partial charge in [0.05, 0.1) is 36.2 Å². The molecule has 0 radical (unpaired) electrons. The third-order valence-electron chi connectivity index (χ3n) is 12.3. The van der Waals surface area contributed by atoms with Crippen molar-refractivity contribution < 1.29 is 23.1 Å². The van der Waals surface area contributed by atoms with E-state index in [-0.39, 0.29) is 12.6 Å². The minimum atomic E-state index is -3.44. The molecule has 3 heterocycles. The highest BCUT2D eigenvalue weighted by molar-refractivity contribution is 7.22. The molecule has 2 aliphatic rings. The Labute approximate surface area is 349 Å². The maximum atomic E-state index is 15.4. The Morgan fingerprint density at radius 1 is 0.949 bits per heavy atom.